The van der Waals surface area contributed by atoms with Crippen LogP contribution in [0.1, 0.15) is 49.9 Å². The van der Waals surface area contributed by atoms with E-state index in [4.69, 9.17) is 4.74 Å². The lowest BCUT2D eigenvalue weighted by Crippen LogP contribution is -2.36. The van der Waals surface area contributed by atoms with E-state index in [-0.39, 0.29) is 11.8 Å². The zero-order valence-electron chi connectivity index (χ0n) is 17.0. The number of carbonyl (C=O) groups excluding carboxylic acids is 2. The standard InChI is InChI=1S/C23H28N2O3/c1-15(2)12-13-28-20-11-6-5-9-18(20)14-25-22-16(3)8-7-10-19(22)21(23(25)27)24-17(4)26/h5-11,15,21H,12-14H2,1-4H3,(H,24,26)/t21-/m1/s1. The first-order valence-corrected chi connectivity index (χ1v) is 9.77. The van der Waals surface area contributed by atoms with Crippen molar-refractivity contribution in [2.75, 3.05) is 11.5 Å². The number of hydrogen-bond acceptors (Lipinski definition) is 3. The van der Waals surface area contributed by atoms with Crippen molar-refractivity contribution >= 4 is 17.5 Å². The molecule has 2 amide bonds. The molecule has 5 nitrogen and oxygen atoms in total. The summed E-state index contributed by atoms with van der Waals surface area (Å²) < 4.78 is 6.00. The molecule has 0 aliphatic carbocycles. The summed E-state index contributed by atoms with van der Waals surface area (Å²) in [7, 11) is 0. The normalized spacial score (nSPS) is 15.7. The lowest BCUT2D eigenvalue weighted by atomic mass is 10.0. The smallest absolute Gasteiger partial charge is 0.254 e. The Morgan fingerprint density at radius 1 is 1.18 bits per heavy atom. The molecule has 28 heavy (non-hydrogen) atoms. The van der Waals surface area contributed by atoms with Gasteiger partial charge in [-0.2, -0.15) is 0 Å². The topological polar surface area (TPSA) is 58.6 Å². The van der Waals surface area contributed by atoms with Crippen LogP contribution in [0.3, 0.4) is 0 Å². The van der Waals surface area contributed by atoms with E-state index in [0.717, 1.165) is 34.5 Å². The van der Waals surface area contributed by atoms with Gasteiger partial charge in [0.1, 0.15) is 11.8 Å². The Bertz CT molecular complexity index is 876. The van der Waals surface area contributed by atoms with E-state index in [1.807, 2.05) is 49.4 Å². The molecule has 0 saturated carbocycles. The molecule has 1 aliphatic heterocycles. The highest BCUT2D eigenvalue weighted by molar-refractivity contribution is 6.06. The van der Waals surface area contributed by atoms with Gasteiger partial charge >= 0.3 is 0 Å². The number of aryl methyl sites for hydroxylation is 1. The van der Waals surface area contributed by atoms with Crippen molar-refractivity contribution in [1.82, 2.24) is 5.32 Å². The zero-order chi connectivity index (χ0) is 20.3. The maximum Gasteiger partial charge on any atom is 0.254 e. The molecule has 5 heteroatoms. The second kappa shape index (κ2) is 8.46. The molecular weight excluding hydrogens is 352 g/mol. The van der Waals surface area contributed by atoms with Crippen LogP contribution in [0, 0.1) is 12.8 Å². The first-order chi connectivity index (χ1) is 13.4. The lowest BCUT2D eigenvalue weighted by Gasteiger charge is -2.21. The molecule has 0 unspecified atom stereocenters. The van der Waals surface area contributed by atoms with E-state index < -0.39 is 6.04 Å². The van der Waals surface area contributed by atoms with Gasteiger partial charge in [0.2, 0.25) is 5.91 Å². The molecule has 0 bridgehead atoms. The quantitative estimate of drug-likeness (QED) is 0.785. The summed E-state index contributed by atoms with van der Waals surface area (Å²) in [6, 6.07) is 13.0. The number of fused-ring (bicyclic) bond motifs is 1. The Morgan fingerprint density at radius 3 is 2.64 bits per heavy atom. The molecule has 2 aromatic carbocycles. The van der Waals surface area contributed by atoms with E-state index in [1.165, 1.54) is 6.92 Å². The van der Waals surface area contributed by atoms with Gasteiger partial charge in [-0.25, -0.2) is 0 Å². The van der Waals surface area contributed by atoms with Gasteiger partial charge in [0.25, 0.3) is 5.91 Å². The zero-order valence-corrected chi connectivity index (χ0v) is 17.0. The number of para-hydroxylation sites is 2. The Morgan fingerprint density at radius 2 is 1.93 bits per heavy atom. The summed E-state index contributed by atoms with van der Waals surface area (Å²) in [6.07, 6.45) is 0.976. The molecule has 1 atom stereocenters. The number of amides is 2. The molecule has 0 radical (unpaired) electrons. The van der Waals surface area contributed by atoms with Gasteiger partial charge in [0, 0.05) is 18.1 Å². The summed E-state index contributed by atoms with van der Waals surface area (Å²) in [4.78, 5) is 26.5. The molecule has 148 valence electrons. The van der Waals surface area contributed by atoms with Crippen molar-refractivity contribution in [2.45, 2.75) is 46.7 Å². The number of ether oxygens (including phenoxy) is 1. The van der Waals surface area contributed by atoms with E-state index in [9.17, 15) is 9.59 Å². The number of hydrogen-bond donors (Lipinski definition) is 1. The number of carbonyl (C=O) groups is 2. The predicted octanol–water partition coefficient (Wildman–Crippen LogP) is 4.14. The summed E-state index contributed by atoms with van der Waals surface area (Å²) in [5.74, 6) is 1.04. The van der Waals surface area contributed by atoms with Crippen molar-refractivity contribution in [1.29, 1.82) is 0 Å². The Labute approximate surface area is 166 Å². The van der Waals surface area contributed by atoms with Crippen LogP contribution in [0.2, 0.25) is 0 Å². The van der Waals surface area contributed by atoms with Crippen LogP contribution in [-0.4, -0.2) is 18.4 Å². The van der Waals surface area contributed by atoms with Gasteiger partial charge in [-0.3, -0.25) is 9.59 Å². The van der Waals surface area contributed by atoms with E-state index in [0.29, 0.717) is 19.1 Å². The molecule has 1 aliphatic rings. The van der Waals surface area contributed by atoms with Gasteiger partial charge in [0.15, 0.2) is 0 Å². The van der Waals surface area contributed by atoms with Gasteiger partial charge < -0.3 is 15.0 Å². The number of benzene rings is 2. The number of nitrogens with one attached hydrogen (secondary N) is 1. The van der Waals surface area contributed by atoms with Crippen molar-refractivity contribution < 1.29 is 14.3 Å². The highest BCUT2D eigenvalue weighted by Crippen LogP contribution is 2.40. The third kappa shape index (κ3) is 4.19. The molecule has 0 aromatic heterocycles. The third-order valence-corrected chi connectivity index (χ3v) is 4.96. The predicted molar refractivity (Wildman–Crippen MR) is 110 cm³/mol. The summed E-state index contributed by atoms with van der Waals surface area (Å²) >= 11 is 0. The van der Waals surface area contributed by atoms with Crippen molar-refractivity contribution in [2.24, 2.45) is 5.92 Å². The van der Waals surface area contributed by atoms with Crippen LogP contribution in [0.25, 0.3) is 0 Å². The van der Waals surface area contributed by atoms with E-state index >= 15 is 0 Å². The molecule has 0 spiro atoms. The molecule has 2 aromatic rings. The first kappa shape index (κ1) is 19.9. The highest BCUT2D eigenvalue weighted by Gasteiger charge is 2.38. The lowest BCUT2D eigenvalue weighted by molar-refractivity contribution is -0.126. The molecule has 0 saturated heterocycles. The molecule has 3 rings (SSSR count). The second-order valence-corrected chi connectivity index (χ2v) is 7.71. The Hall–Kier alpha value is -2.82. The minimum absolute atomic E-state index is 0.114. The molecule has 1 N–H and O–H groups in total. The van der Waals surface area contributed by atoms with Gasteiger partial charge in [-0.15, -0.1) is 0 Å². The fraction of sp³-hybridized carbons (Fsp3) is 0.391. The maximum atomic E-state index is 13.1. The average Bonchev–Trinajstić information content (AvgIpc) is 2.89. The van der Waals surface area contributed by atoms with Crippen LogP contribution in [0.5, 0.6) is 5.75 Å². The molecule has 0 fully saturated rings. The SMILES string of the molecule is CC(=O)N[C@H]1C(=O)N(Cc2ccccc2OCCC(C)C)c2c(C)cccc21. The molecular formula is C23H28N2O3. The van der Waals surface area contributed by atoms with E-state index in [1.54, 1.807) is 4.90 Å². The van der Waals surface area contributed by atoms with Crippen molar-refractivity contribution in [3.8, 4) is 5.75 Å². The number of nitrogens with zero attached hydrogens (tertiary/aromatic N) is 1. The largest absolute Gasteiger partial charge is 0.493 e. The summed E-state index contributed by atoms with van der Waals surface area (Å²) in [6.45, 7) is 8.81. The first-order valence-electron chi connectivity index (χ1n) is 9.77. The van der Waals surface area contributed by atoms with Crippen molar-refractivity contribution in [3.63, 3.8) is 0 Å². The Balaban J connectivity index is 1.89. The highest BCUT2D eigenvalue weighted by atomic mass is 16.5. The summed E-state index contributed by atoms with van der Waals surface area (Å²) in [5.41, 5.74) is 3.69. The minimum atomic E-state index is -0.638. The van der Waals surface area contributed by atoms with Crippen LogP contribution in [0.4, 0.5) is 5.69 Å². The van der Waals surface area contributed by atoms with E-state index in [2.05, 4.69) is 19.2 Å². The third-order valence-electron chi connectivity index (χ3n) is 4.96. The van der Waals surface area contributed by atoms with Crippen molar-refractivity contribution in [3.05, 3.63) is 59.2 Å². The fourth-order valence-corrected chi connectivity index (χ4v) is 3.53. The van der Waals surface area contributed by atoms with Crippen LogP contribution in [-0.2, 0) is 16.1 Å². The van der Waals surface area contributed by atoms with Gasteiger partial charge in [-0.05, 0) is 30.9 Å². The maximum absolute atomic E-state index is 13.1. The minimum Gasteiger partial charge on any atom is -0.493 e. The molecule has 1 heterocycles. The number of anilines is 1. The van der Waals surface area contributed by atoms with Crippen LogP contribution in [0.15, 0.2) is 42.5 Å². The van der Waals surface area contributed by atoms with Gasteiger partial charge in [-0.1, -0.05) is 50.2 Å². The monoisotopic (exact) mass is 380 g/mol. The number of rotatable bonds is 7. The van der Waals surface area contributed by atoms with Gasteiger partial charge in [0.05, 0.1) is 18.8 Å². The fourth-order valence-electron chi connectivity index (χ4n) is 3.53. The van der Waals surface area contributed by atoms with Crippen LogP contribution >= 0.6 is 0 Å². The second-order valence-electron chi connectivity index (χ2n) is 7.71. The summed E-state index contributed by atoms with van der Waals surface area (Å²) in [5, 5.41) is 2.79. The Kier molecular flexibility index (Phi) is 6.02. The van der Waals surface area contributed by atoms with Crippen LogP contribution < -0.4 is 15.0 Å². The average molecular weight is 380 g/mol.